The Morgan fingerprint density at radius 1 is 1.44 bits per heavy atom. The van der Waals surface area contributed by atoms with Crippen molar-refractivity contribution in [2.45, 2.75) is 25.8 Å². The number of nitrogens with two attached hydrogens (primary N) is 1. The number of anilines is 1. The molecule has 0 aromatic heterocycles. The fourth-order valence-electron chi connectivity index (χ4n) is 2.10. The maximum absolute atomic E-state index is 12.0. The van der Waals surface area contributed by atoms with Crippen molar-refractivity contribution in [3.05, 3.63) is 28.3 Å². The van der Waals surface area contributed by atoms with E-state index in [1.165, 1.54) is 23.5 Å². The van der Waals surface area contributed by atoms with E-state index in [0.717, 1.165) is 0 Å². The molecule has 0 aliphatic heterocycles. The summed E-state index contributed by atoms with van der Waals surface area (Å²) in [5, 5.41) is 34.6. The van der Waals surface area contributed by atoms with Crippen molar-refractivity contribution in [2.75, 3.05) is 25.1 Å². The normalized spacial score (nSPS) is 11.6. The van der Waals surface area contributed by atoms with Gasteiger partial charge < -0.3 is 30.4 Å². The number of nitro benzene ring substituents is 1. The molecular weight excluding hydrogens is 334 g/mol. The summed E-state index contributed by atoms with van der Waals surface area (Å²) in [6.07, 6.45) is -0.0477. The van der Waals surface area contributed by atoms with Crippen molar-refractivity contribution in [3.8, 4) is 5.75 Å². The molecule has 25 heavy (non-hydrogen) atoms. The number of nitrogens with one attached hydrogen (secondary N) is 1. The summed E-state index contributed by atoms with van der Waals surface area (Å²) in [6, 6.07) is 2.83. The smallest absolute Gasteiger partial charge is 0.296 e. The van der Waals surface area contributed by atoms with Gasteiger partial charge in [-0.3, -0.25) is 14.9 Å². The van der Waals surface area contributed by atoms with Gasteiger partial charge >= 0.3 is 0 Å². The van der Waals surface area contributed by atoms with E-state index in [4.69, 9.17) is 9.84 Å². The van der Waals surface area contributed by atoms with Crippen LogP contribution in [0.2, 0.25) is 0 Å². The Kier molecular flexibility index (Phi) is 8.30. The second-order valence-corrected chi connectivity index (χ2v) is 5.15. The highest BCUT2D eigenvalue weighted by Crippen LogP contribution is 2.29. The van der Waals surface area contributed by atoms with Gasteiger partial charge in [0, 0.05) is 13.0 Å². The summed E-state index contributed by atoms with van der Waals surface area (Å²) < 4.78 is 5.18. The second kappa shape index (κ2) is 10.2. The maximum atomic E-state index is 12.0. The fourth-order valence-corrected chi connectivity index (χ4v) is 2.10. The van der Waals surface area contributed by atoms with E-state index in [9.17, 15) is 24.8 Å². The van der Waals surface area contributed by atoms with Crippen molar-refractivity contribution >= 4 is 23.3 Å². The minimum Gasteiger partial charge on any atom is -0.544 e. The van der Waals surface area contributed by atoms with Gasteiger partial charge in [-0.2, -0.15) is 0 Å². The number of hydrogen-bond donors (Lipinski definition) is 3. The summed E-state index contributed by atoms with van der Waals surface area (Å²) >= 11 is 0. The van der Waals surface area contributed by atoms with E-state index >= 15 is 0 Å². The lowest BCUT2D eigenvalue weighted by atomic mass is 10.1. The Hall–Kier alpha value is -2.72. The molecule has 0 bridgehead atoms. The molecule has 1 amide bonds. The molecule has 0 aliphatic carbocycles. The van der Waals surface area contributed by atoms with E-state index < -0.39 is 29.3 Å². The Morgan fingerprint density at radius 3 is 2.72 bits per heavy atom. The molecule has 138 valence electrons. The van der Waals surface area contributed by atoms with Crippen LogP contribution in [-0.2, 0) is 9.59 Å². The maximum Gasteiger partial charge on any atom is 0.296 e. The zero-order chi connectivity index (χ0) is 18.8. The molecule has 0 heterocycles. The first-order valence-electron chi connectivity index (χ1n) is 7.75. The number of nitro groups is 1. The number of hydrogen-bond acceptors (Lipinski definition) is 7. The van der Waals surface area contributed by atoms with Crippen LogP contribution in [0, 0.1) is 10.1 Å². The monoisotopic (exact) mass is 355 g/mol. The number of benzene rings is 1. The standard InChI is InChI=1S/C15H21N3O7/c1-2-25-10-4-5-11(13(8-10)18(23)24)17-14(20)9-12(15(21)22)16-6-3-7-19/h4-5,8,12,16,19H,2-3,6-7,9H2,1H3,(H,17,20)(H,21,22)/t12-/m0/s1. The Morgan fingerprint density at radius 2 is 2.16 bits per heavy atom. The first-order chi connectivity index (χ1) is 11.9. The van der Waals surface area contributed by atoms with Gasteiger partial charge in [-0.15, -0.1) is 0 Å². The van der Waals surface area contributed by atoms with Crippen LogP contribution in [0.25, 0.3) is 0 Å². The van der Waals surface area contributed by atoms with Gasteiger partial charge in [-0.05, 0) is 19.1 Å². The van der Waals surface area contributed by atoms with Gasteiger partial charge in [0.15, 0.2) is 0 Å². The molecule has 0 radical (unpaired) electrons. The number of carboxylic acids is 1. The number of aliphatic hydroxyl groups is 1. The van der Waals surface area contributed by atoms with Gasteiger partial charge in [0.25, 0.3) is 5.69 Å². The molecule has 10 heteroatoms. The van der Waals surface area contributed by atoms with E-state index in [1.807, 2.05) is 0 Å². The fraction of sp³-hybridized carbons (Fsp3) is 0.467. The number of aliphatic hydroxyl groups excluding tert-OH is 1. The average Bonchev–Trinajstić information content (AvgIpc) is 2.55. The molecule has 1 atom stereocenters. The molecule has 0 saturated carbocycles. The molecule has 4 N–H and O–H groups in total. The molecule has 0 fully saturated rings. The number of carbonyl (C=O) groups excluding carboxylic acids is 2. The van der Waals surface area contributed by atoms with Gasteiger partial charge in [0.2, 0.25) is 5.91 Å². The van der Waals surface area contributed by atoms with Crippen LogP contribution < -0.4 is 20.5 Å². The van der Waals surface area contributed by atoms with Crippen molar-refractivity contribution in [3.63, 3.8) is 0 Å². The van der Waals surface area contributed by atoms with Crippen LogP contribution in [0.5, 0.6) is 5.75 Å². The molecule has 0 aliphatic rings. The van der Waals surface area contributed by atoms with Gasteiger partial charge in [-0.1, -0.05) is 0 Å². The summed E-state index contributed by atoms with van der Waals surface area (Å²) in [5.74, 6) is -1.83. The molecular formula is C15H21N3O7. The molecule has 1 aromatic carbocycles. The molecule has 1 aromatic rings. The highest BCUT2D eigenvalue weighted by molar-refractivity contribution is 5.95. The molecule has 0 spiro atoms. The summed E-state index contributed by atoms with van der Waals surface area (Å²) in [5.41, 5.74) is -0.403. The number of amides is 1. The number of carboxylic acid groups (broad SMARTS) is 1. The van der Waals surface area contributed by atoms with Crippen molar-refractivity contribution in [1.82, 2.24) is 0 Å². The molecule has 0 unspecified atom stereocenters. The van der Waals surface area contributed by atoms with Crippen LogP contribution in [-0.4, -0.2) is 47.7 Å². The number of ether oxygens (including phenoxy) is 1. The molecule has 10 nitrogen and oxygen atoms in total. The first-order valence-corrected chi connectivity index (χ1v) is 7.75. The Balaban J connectivity index is 2.80. The summed E-state index contributed by atoms with van der Waals surface area (Å²) in [6.45, 7) is 2.28. The lowest BCUT2D eigenvalue weighted by Crippen LogP contribution is -2.93. The third-order valence-electron chi connectivity index (χ3n) is 3.27. The number of nitrogens with zero attached hydrogens (tertiary/aromatic N) is 1. The topological polar surface area (TPSA) is 158 Å². The van der Waals surface area contributed by atoms with E-state index in [1.54, 1.807) is 6.92 Å². The number of quaternary nitrogens is 1. The van der Waals surface area contributed by atoms with E-state index in [2.05, 4.69) is 5.32 Å². The minimum atomic E-state index is -1.42. The first kappa shape index (κ1) is 20.3. The van der Waals surface area contributed by atoms with Crippen molar-refractivity contribution in [1.29, 1.82) is 0 Å². The number of carbonyl (C=O) groups is 2. The lowest BCUT2D eigenvalue weighted by Gasteiger charge is -2.16. The van der Waals surface area contributed by atoms with Crippen LogP contribution in [0.15, 0.2) is 18.2 Å². The Labute approximate surface area is 143 Å². The second-order valence-electron chi connectivity index (χ2n) is 5.15. The predicted molar refractivity (Wildman–Crippen MR) is 84.8 cm³/mol. The predicted octanol–water partition coefficient (Wildman–Crippen LogP) is -1.61. The minimum absolute atomic E-state index is 0.0501. The van der Waals surface area contributed by atoms with Crippen LogP contribution in [0.1, 0.15) is 19.8 Å². The average molecular weight is 355 g/mol. The van der Waals surface area contributed by atoms with Crippen molar-refractivity contribution < 1.29 is 34.8 Å². The van der Waals surface area contributed by atoms with Crippen molar-refractivity contribution in [2.24, 2.45) is 0 Å². The number of rotatable bonds is 11. The zero-order valence-electron chi connectivity index (χ0n) is 13.8. The SMILES string of the molecule is CCOc1ccc(NC(=O)C[C@H]([NH2+]CCCO)C(=O)[O-])c([N+](=O)[O-])c1. The van der Waals surface area contributed by atoms with E-state index in [-0.39, 0.29) is 23.7 Å². The van der Waals surface area contributed by atoms with Crippen LogP contribution in [0.3, 0.4) is 0 Å². The van der Waals surface area contributed by atoms with Crippen LogP contribution in [0.4, 0.5) is 11.4 Å². The van der Waals surface area contributed by atoms with Crippen LogP contribution >= 0.6 is 0 Å². The highest BCUT2D eigenvalue weighted by Gasteiger charge is 2.21. The van der Waals surface area contributed by atoms with Gasteiger partial charge in [-0.25, -0.2) is 0 Å². The highest BCUT2D eigenvalue weighted by atomic mass is 16.6. The van der Waals surface area contributed by atoms with Gasteiger partial charge in [0.05, 0.1) is 36.5 Å². The summed E-state index contributed by atoms with van der Waals surface area (Å²) in [7, 11) is 0. The quantitative estimate of drug-likeness (QED) is 0.244. The Bertz CT molecular complexity index is 621. The van der Waals surface area contributed by atoms with E-state index in [0.29, 0.717) is 19.6 Å². The lowest BCUT2D eigenvalue weighted by molar-refractivity contribution is -0.682. The zero-order valence-corrected chi connectivity index (χ0v) is 13.8. The third-order valence-corrected chi connectivity index (χ3v) is 3.27. The third kappa shape index (κ3) is 6.73. The van der Waals surface area contributed by atoms with Gasteiger partial charge in [0.1, 0.15) is 17.5 Å². The molecule has 0 saturated heterocycles. The summed E-state index contributed by atoms with van der Waals surface area (Å²) in [4.78, 5) is 33.5. The molecule has 1 rings (SSSR count). The largest absolute Gasteiger partial charge is 0.544 e. The number of aliphatic carboxylic acids is 1.